The Balaban J connectivity index is 3.09. The lowest BCUT2D eigenvalue weighted by Gasteiger charge is -2.06. The van der Waals surface area contributed by atoms with E-state index in [-0.39, 0.29) is 12.4 Å². The van der Waals surface area contributed by atoms with Gasteiger partial charge in [-0.2, -0.15) is 0 Å². The van der Waals surface area contributed by atoms with E-state index < -0.39 is 0 Å². The van der Waals surface area contributed by atoms with Crippen molar-refractivity contribution in [1.29, 1.82) is 0 Å². The van der Waals surface area contributed by atoms with Gasteiger partial charge in [-0.3, -0.25) is 0 Å². The van der Waals surface area contributed by atoms with Gasteiger partial charge in [0, 0.05) is 29.8 Å². The van der Waals surface area contributed by atoms with Crippen LogP contribution in [0.3, 0.4) is 0 Å². The largest absolute Gasteiger partial charge is 0.380 e. The molecule has 0 atom stereocenters. The summed E-state index contributed by atoms with van der Waals surface area (Å²) in [5, 5.41) is 0.486. The molecule has 1 aromatic carbocycles. The first-order valence-corrected chi connectivity index (χ1v) is 4.90. The lowest BCUT2D eigenvalue weighted by molar-refractivity contribution is 0.181. The van der Waals surface area contributed by atoms with Crippen molar-refractivity contribution in [2.24, 2.45) is 5.73 Å². The number of methoxy groups -OCH3 is 1. The first-order valence-electron chi connectivity index (χ1n) is 4.52. The summed E-state index contributed by atoms with van der Waals surface area (Å²) in [7, 11) is 1.51. The zero-order chi connectivity index (χ0) is 11.3. The second-order valence-corrected chi connectivity index (χ2v) is 3.48. The molecule has 0 heterocycles. The fraction of sp³-hybridized carbons (Fsp3) is 0.273. The molecule has 0 aliphatic heterocycles. The highest BCUT2D eigenvalue weighted by molar-refractivity contribution is 6.30. The number of ether oxygens (including phenoxy) is 1. The summed E-state index contributed by atoms with van der Waals surface area (Å²) in [6, 6.07) is 3.11. The third-order valence-corrected chi connectivity index (χ3v) is 2.09. The molecule has 4 heteroatoms. The normalized spacial score (nSPS) is 11.2. The van der Waals surface area contributed by atoms with E-state index in [1.165, 1.54) is 7.11 Å². The molecule has 0 bridgehead atoms. The summed E-state index contributed by atoms with van der Waals surface area (Å²) in [6.45, 7) is 0.571. The predicted molar refractivity (Wildman–Crippen MR) is 60.2 cm³/mol. The van der Waals surface area contributed by atoms with Crippen molar-refractivity contribution in [1.82, 2.24) is 0 Å². The van der Waals surface area contributed by atoms with Crippen molar-refractivity contribution in [3.05, 3.63) is 40.2 Å². The van der Waals surface area contributed by atoms with Crippen molar-refractivity contribution < 1.29 is 9.13 Å². The van der Waals surface area contributed by atoms with Crippen LogP contribution in [0.4, 0.5) is 4.39 Å². The molecule has 0 aromatic heterocycles. The Morgan fingerprint density at radius 1 is 1.53 bits per heavy atom. The molecule has 0 radical (unpaired) electrons. The average molecular weight is 230 g/mol. The van der Waals surface area contributed by atoms with Crippen molar-refractivity contribution >= 4 is 17.7 Å². The first-order chi connectivity index (χ1) is 7.19. The van der Waals surface area contributed by atoms with Gasteiger partial charge in [0.2, 0.25) is 0 Å². The van der Waals surface area contributed by atoms with E-state index in [0.717, 1.165) is 0 Å². The monoisotopic (exact) mass is 229 g/mol. The summed E-state index contributed by atoms with van der Waals surface area (Å²) in [6.07, 6.45) is 3.28. The standard InChI is InChI=1S/C11H13ClFNO/c1-15-7-9-6-10(12)5-8(11(9)13)3-2-4-14/h2-3,5-6H,4,7,14H2,1H3/b3-2+. The zero-order valence-corrected chi connectivity index (χ0v) is 9.22. The number of hydrogen-bond donors (Lipinski definition) is 1. The van der Waals surface area contributed by atoms with Crippen molar-refractivity contribution in [2.75, 3.05) is 13.7 Å². The Bertz CT molecular complexity index is 366. The van der Waals surface area contributed by atoms with E-state index in [4.69, 9.17) is 22.1 Å². The molecule has 82 valence electrons. The van der Waals surface area contributed by atoms with Crippen LogP contribution >= 0.6 is 11.6 Å². The van der Waals surface area contributed by atoms with Gasteiger partial charge in [0.1, 0.15) is 5.82 Å². The molecule has 1 rings (SSSR count). The van der Waals surface area contributed by atoms with Gasteiger partial charge in [0.05, 0.1) is 6.61 Å². The highest BCUT2D eigenvalue weighted by Crippen LogP contribution is 2.21. The van der Waals surface area contributed by atoms with Gasteiger partial charge in [-0.05, 0) is 12.1 Å². The van der Waals surface area contributed by atoms with Crippen molar-refractivity contribution in [2.45, 2.75) is 6.61 Å². The fourth-order valence-corrected chi connectivity index (χ4v) is 1.49. The van der Waals surface area contributed by atoms with Gasteiger partial charge < -0.3 is 10.5 Å². The number of nitrogens with two attached hydrogens (primary N) is 1. The predicted octanol–water partition coefficient (Wildman–Crippen LogP) is 2.60. The van der Waals surface area contributed by atoms with E-state index in [0.29, 0.717) is 22.7 Å². The Kier molecular flexibility index (Phi) is 4.75. The zero-order valence-electron chi connectivity index (χ0n) is 8.47. The number of rotatable bonds is 4. The SMILES string of the molecule is COCc1cc(Cl)cc(/C=C/CN)c1F. The lowest BCUT2D eigenvalue weighted by Crippen LogP contribution is -1.97. The van der Waals surface area contributed by atoms with Crippen molar-refractivity contribution in [3.63, 3.8) is 0 Å². The van der Waals surface area contributed by atoms with Gasteiger partial charge in [0.15, 0.2) is 0 Å². The number of halogens is 2. The van der Waals surface area contributed by atoms with Gasteiger partial charge in [-0.15, -0.1) is 0 Å². The quantitative estimate of drug-likeness (QED) is 0.862. The van der Waals surface area contributed by atoms with Crippen molar-refractivity contribution in [3.8, 4) is 0 Å². The second kappa shape index (κ2) is 5.85. The van der Waals surface area contributed by atoms with E-state index in [1.807, 2.05) is 0 Å². The minimum absolute atomic E-state index is 0.204. The summed E-state index contributed by atoms with van der Waals surface area (Å²) in [5.41, 5.74) is 6.17. The summed E-state index contributed by atoms with van der Waals surface area (Å²) in [5.74, 6) is -0.314. The molecule has 15 heavy (non-hydrogen) atoms. The minimum Gasteiger partial charge on any atom is -0.380 e. The molecule has 0 spiro atoms. The second-order valence-electron chi connectivity index (χ2n) is 3.04. The van der Waals surface area contributed by atoms with Crippen LogP contribution < -0.4 is 5.73 Å². The molecule has 2 nitrogen and oxygen atoms in total. The number of hydrogen-bond acceptors (Lipinski definition) is 2. The van der Waals surface area contributed by atoms with Crippen LogP contribution in [0.25, 0.3) is 6.08 Å². The maximum atomic E-state index is 13.7. The van der Waals surface area contributed by atoms with Crippen LogP contribution in [0.5, 0.6) is 0 Å². The molecular formula is C11H13ClFNO. The number of benzene rings is 1. The molecule has 1 aromatic rings. The maximum Gasteiger partial charge on any atom is 0.136 e. The average Bonchev–Trinajstić information content (AvgIpc) is 2.21. The van der Waals surface area contributed by atoms with Crippen LogP contribution in [-0.2, 0) is 11.3 Å². The molecule has 0 fully saturated rings. The maximum absolute atomic E-state index is 13.7. The van der Waals surface area contributed by atoms with Crippen LogP contribution in [0.2, 0.25) is 5.02 Å². The fourth-order valence-electron chi connectivity index (χ4n) is 1.25. The molecule has 0 saturated heterocycles. The molecule has 0 aliphatic carbocycles. The smallest absolute Gasteiger partial charge is 0.136 e. The van der Waals surface area contributed by atoms with Crippen LogP contribution in [0, 0.1) is 5.82 Å². The van der Waals surface area contributed by atoms with Crippen LogP contribution in [0.1, 0.15) is 11.1 Å². The Morgan fingerprint density at radius 2 is 2.27 bits per heavy atom. The molecule has 0 aliphatic rings. The van der Waals surface area contributed by atoms with Gasteiger partial charge in [-0.1, -0.05) is 23.8 Å². The van der Waals surface area contributed by atoms with Gasteiger partial charge in [0.25, 0.3) is 0 Å². The van der Waals surface area contributed by atoms with Crippen LogP contribution in [0.15, 0.2) is 18.2 Å². The van der Waals surface area contributed by atoms with Gasteiger partial charge >= 0.3 is 0 Å². The summed E-state index contributed by atoms with van der Waals surface area (Å²) < 4.78 is 18.6. The molecule has 0 unspecified atom stereocenters. The summed E-state index contributed by atoms with van der Waals surface area (Å²) in [4.78, 5) is 0. The van der Waals surface area contributed by atoms with E-state index in [1.54, 1.807) is 24.3 Å². The Morgan fingerprint density at radius 3 is 2.87 bits per heavy atom. The van der Waals surface area contributed by atoms with Gasteiger partial charge in [-0.25, -0.2) is 4.39 Å². The highest BCUT2D eigenvalue weighted by atomic mass is 35.5. The Labute approximate surface area is 93.5 Å². The van der Waals surface area contributed by atoms with Crippen LogP contribution in [-0.4, -0.2) is 13.7 Å². The molecule has 0 saturated carbocycles. The first kappa shape index (κ1) is 12.2. The Hall–Kier alpha value is -0.900. The molecular weight excluding hydrogens is 217 g/mol. The van der Waals surface area contributed by atoms with E-state index in [9.17, 15) is 4.39 Å². The minimum atomic E-state index is -0.314. The molecule has 0 amide bonds. The lowest BCUT2D eigenvalue weighted by atomic mass is 10.1. The molecule has 2 N–H and O–H groups in total. The third kappa shape index (κ3) is 3.30. The topological polar surface area (TPSA) is 35.2 Å². The van der Waals surface area contributed by atoms with E-state index in [2.05, 4.69) is 0 Å². The highest BCUT2D eigenvalue weighted by Gasteiger charge is 2.07. The third-order valence-electron chi connectivity index (χ3n) is 1.87. The summed E-state index contributed by atoms with van der Waals surface area (Å²) >= 11 is 5.85. The van der Waals surface area contributed by atoms with E-state index >= 15 is 0 Å².